The molecule has 1 aromatic carbocycles. The largest absolute Gasteiger partial charge is 0.496 e. The highest BCUT2D eigenvalue weighted by atomic mass is 32.1. The summed E-state index contributed by atoms with van der Waals surface area (Å²) < 4.78 is 12.3. The van der Waals surface area contributed by atoms with Crippen LogP contribution in [0.15, 0.2) is 30.3 Å². The Hall–Kier alpha value is -1.61. The lowest BCUT2D eigenvalue weighted by molar-refractivity contribution is 0.112. The van der Waals surface area contributed by atoms with Crippen LogP contribution in [0.1, 0.15) is 16.6 Å². The van der Waals surface area contributed by atoms with Crippen LogP contribution in [-0.4, -0.2) is 13.4 Å². The minimum absolute atomic E-state index is 0.466. The molecule has 0 saturated carbocycles. The lowest BCUT2D eigenvalue weighted by Gasteiger charge is -2.05. The summed E-state index contributed by atoms with van der Waals surface area (Å²) in [7, 11) is 1.64. The lowest BCUT2D eigenvalue weighted by atomic mass is 10.1. The Labute approximate surface area is 99.9 Å². The SMILES string of the molecule is [2H]C(=O)c1ccc(-c2ccc(OC)c(C)c2)s1. The second kappa shape index (κ2) is 4.49. The molecule has 3 heteroatoms. The van der Waals surface area contributed by atoms with E-state index in [9.17, 15) is 4.79 Å². The van der Waals surface area contributed by atoms with Crippen molar-refractivity contribution in [2.75, 3.05) is 7.11 Å². The molecule has 0 spiro atoms. The number of ether oxygens (including phenoxy) is 1. The number of carbonyl (C=O) groups is 1. The summed E-state index contributed by atoms with van der Waals surface area (Å²) in [5, 5.41) is 0. The maximum atomic E-state index is 10.9. The van der Waals surface area contributed by atoms with Gasteiger partial charge in [0.2, 0.25) is 0 Å². The van der Waals surface area contributed by atoms with Crippen molar-refractivity contribution >= 4 is 17.6 Å². The van der Waals surface area contributed by atoms with Gasteiger partial charge in [-0.05, 0) is 48.4 Å². The van der Waals surface area contributed by atoms with Crippen LogP contribution in [0.2, 0.25) is 0 Å². The smallest absolute Gasteiger partial charge is 0.160 e. The van der Waals surface area contributed by atoms with Crippen LogP contribution in [-0.2, 0) is 0 Å². The van der Waals surface area contributed by atoms with E-state index in [0.29, 0.717) is 4.88 Å². The fraction of sp³-hybridized carbons (Fsp3) is 0.154. The number of thiophene rings is 1. The van der Waals surface area contributed by atoms with Crippen LogP contribution in [0.25, 0.3) is 10.4 Å². The van der Waals surface area contributed by atoms with Crippen molar-refractivity contribution in [1.82, 2.24) is 0 Å². The second-order valence-electron chi connectivity index (χ2n) is 3.45. The van der Waals surface area contributed by atoms with Crippen LogP contribution in [0, 0.1) is 6.92 Å². The van der Waals surface area contributed by atoms with Gasteiger partial charge in [-0.25, -0.2) is 0 Å². The first-order chi connectivity index (χ1) is 8.11. The fourth-order valence-electron chi connectivity index (χ4n) is 1.58. The summed E-state index contributed by atoms with van der Waals surface area (Å²) in [6.07, 6.45) is -0.633. The Morgan fingerprint density at radius 3 is 2.75 bits per heavy atom. The molecular formula is C13H12O2S. The van der Waals surface area contributed by atoms with Gasteiger partial charge in [0.15, 0.2) is 6.26 Å². The minimum atomic E-state index is -0.633. The molecule has 0 aliphatic carbocycles. The van der Waals surface area contributed by atoms with E-state index in [1.165, 1.54) is 11.3 Å². The first kappa shape index (κ1) is 9.60. The van der Waals surface area contributed by atoms with Crippen molar-refractivity contribution in [3.05, 3.63) is 40.8 Å². The van der Waals surface area contributed by atoms with Crippen molar-refractivity contribution in [1.29, 1.82) is 0 Å². The van der Waals surface area contributed by atoms with Crippen molar-refractivity contribution in [2.24, 2.45) is 0 Å². The average Bonchev–Trinajstić information content (AvgIpc) is 2.78. The van der Waals surface area contributed by atoms with Gasteiger partial charge in [-0.3, -0.25) is 4.79 Å². The van der Waals surface area contributed by atoms with Gasteiger partial charge in [-0.1, -0.05) is 0 Å². The zero-order chi connectivity index (χ0) is 12.4. The first-order valence-corrected chi connectivity index (χ1v) is 5.69. The van der Waals surface area contributed by atoms with Crippen molar-refractivity contribution in [3.63, 3.8) is 0 Å². The molecule has 0 radical (unpaired) electrons. The maximum absolute atomic E-state index is 10.9. The standard InChI is InChI=1S/C13H12O2S/c1-9-7-10(3-5-12(9)15-2)13-6-4-11(8-14)16-13/h3-8H,1-2H3/i8D. The predicted octanol–water partition coefficient (Wildman–Crippen LogP) is 3.54. The molecule has 1 heterocycles. The number of benzene rings is 1. The normalized spacial score (nSPS) is 11.0. The van der Waals surface area contributed by atoms with Gasteiger partial charge < -0.3 is 4.74 Å². The highest BCUT2D eigenvalue weighted by molar-refractivity contribution is 7.17. The molecule has 0 aliphatic heterocycles. The molecule has 0 aliphatic rings. The van der Waals surface area contributed by atoms with E-state index in [-0.39, 0.29) is 0 Å². The van der Waals surface area contributed by atoms with Gasteiger partial charge >= 0.3 is 0 Å². The van der Waals surface area contributed by atoms with E-state index in [4.69, 9.17) is 6.11 Å². The summed E-state index contributed by atoms with van der Waals surface area (Å²) in [5.41, 5.74) is 2.10. The van der Waals surface area contributed by atoms with Crippen LogP contribution in [0.4, 0.5) is 0 Å². The molecule has 2 nitrogen and oxygen atoms in total. The molecule has 1 aromatic heterocycles. The monoisotopic (exact) mass is 233 g/mol. The Balaban J connectivity index is 2.39. The van der Waals surface area contributed by atoms with Gasteiger partial charge in [0.1, 0.15) is 7.12 Å². The van der Waals surface area contributed by atoms with Gasteiger partial charge in [0, 0.05) is 4.88 Å². The van der Waals surface area contributed by atoms with Gasteiger partial charge in [0.25, 0.3) is 0 Å². The molecule has 0 amide bonds. The number of aryl methyl sites for hydroxylation is 1. The van der Waals surface area contributed by atoms with E-state index < -0.39 is 6.26 Å². The third kappa shape index (κ3) is 1.99. The van der Waals surface area contributed by atoms with Gasteiger partial charge in [-0.15, -0.1) is 11.3 Å². The molecule has 0 bridgehead atoms. The third-order valence-electron chi connectivity index (χ3n) is 2.39. The van der Waals surface area contributed by atoms with E-state index in [2.05, 4.69) is 0 Å². The molecule has 2 aromatic rings. The minimum Gasteiger partial charge on any atom is -0.496 e. The number of methoxy groups -OCH3 is 1. The molecule has 0 atom stereocenters. The van der Waals surface area contributed by atoms with Crippen LogP contribution in [0.5, 0.6) is 5.75 Å². The zero-order valence-electron chi connectivity index (χ0n) is 10.1. The number of carbonyl (C=O) groups excluding carboxylic acids is 1. The summed E-state index contributed by atoms with van der Waals surface area (Å²) >= 11 is 1.34. The highest BCUT2D eigenvalue weighted by Crippen LogP contribution is 2.30. The van der Waals surface area contributed by atoms with Crippen molar-refractivity contribution in [2.45, 2.75) is 6.92 Å². The van der Waals surface area contributed by atoms with Crippen LogP contribution < -0.4 is 4.74 Å². The van der Waals surface area contributed by atoms with Crippen molar-refractivity contribution < 1.29 is 10.9 Å². The molecule has 82 valence electrons. The molecule has 0 N–H and O–H groups in total. The Morgan fingerprint density at radius 2 is 2.19 bits per heavy atom. The second-order valence-corrected chi connectivity index (χ2v) is 4.53. The Bertz CT molecular complexity index is 560. The molecule has 16 heavy (non-hydrogen) atoms. The summed E-state index contributed by atoms with van der Waals surface area (Å²) in [6.45, 7) is 1.98. The van der Waals surface area contributed by atoms with Gasteiger partial charge in [-0.2, -0.15) is 0 Å². The average molecular weight is 233 g/mol. The maximum Gasteiger partial charge on any atom is 0.160 e. The number of aldehydes is 1. The van der Waals surface area contributed by atoms with E-state index in [1.54, 1.807) is 13.2 Å². The third-order valence-corrected chi connectivity index (χ3v) is 3.42. The summed E-state index contributed by atoms with van der Waals surface area (Å²) in [6, 6.07) is 9.44. The first-order valence-electron chi connectivity index (χ1n) is 5.37. The Morgan fingerprint density at radius 1 is 1.38 bits per heavy atom. The summed E-state index contributed by atoms with van der Waals surface area (Å²) in [4.78, 5) is 12.4. The van der Waals surface area contributed by atoms with E-state index in [0.717, 1.165) is 21.8 Å². The molecule has 2 rings (SSSR count). The number of hydrogen-bond acceptors (Lipinski definition) is 3. The zero-order valence-corrected chi connectivity index (χ0v) is 9.93. The molecular weight excluding hydrogens is 220 g/mol. The van der Waals surface area contributed by atoms with Crippen LogP contribution in [0.3, 0.4) is 0 Å². The molecule has 0 fully saturated rings. The van der Waals surface area contributed by atoms with Crippen molar-refractivity contribution in [3.8, 4) is 16.2 Å². The van der Waals surface area contributed by atoms with Crippen LogP contribution >= 0.6 is 11.3 Å². The van der Waals surface area contributed by atoms with E-state index in [1.807, 2.05) is 31.2 Å². The topological polar surface area (TPSA) is 26.3 Å². The number of hydrogen-bond donors (Lipinski definition) is 0. The molecule has 0 unspecified atom stereocenters. The lowest BCUT2D eigenvalue weighted by Crippen LogP contribution is -1.86. The quantitative estimate of drug-likeness (QED) is 0.758. The van der Waals surface area contributed by atoms with Gasteiger partial charge in [0.05, 0.1) is 12.0 Å². The molecule has 0 saturated heterocycles. The highest BCUT2D eigenvalue weighted by Gasteiger charge is 2.04. The summed E-state index contributed by atoms with van der Waals surface area (Å²) in [5.74, 6) is 0.849. The number of rotatable bonds is 3. The Kier molecular flexibility index (Phi) is 2.70. The predicted molar refractivity (Wildman–Crippen MR) is 66.4 cm³/mol. The van der Waals surface area contributed by atoms with E-state index >= 15 is 0 Å². The fourth-order valence-corrected chi connectivity index (χ4v) is 2.38.